The summed E-state index contributed by atoms with van der Waals surface area (Å²) in [5.74, 6) is -0.171. The van der Waals surface area contributed by atoms with Gasteiger partial charge in [0.15, 0.2) is 0 Å². The van der Waals surface area contributed by atoms with Gasteiger partial charge in [-0.2, -0.15) is 0 Å². The van der Waals surface area contributed by atoms with E-state index in [0.717, 1.165) is 12.8 Å². The van der Waals surface area contributed by atoms with Gasteiger partial charge < -0.3 is 16.2 Å². The molecule has 0 aromatic carbocycles. The second-order valence-electron chi connectivity index (χ2n) is 3.34. The number of rotatable bonds is 6. The highest BCUT2D eigenvalue weighted by molar-refractivity contribution is 5.81. The monoisotopic (exact) mass is 188 g/mol. The van der Waals surface area contributed by atoms with Gasteiger partial charge in [0.1, 0.15) is 0 Å². The number of nitrogens with two attached hydrogens (primary N) is 1. The lowest BCUT2D eigenvalue weighted by molar-refractivity contribution is -0.123. The standard InChI is InChI=1S/C9H20N2O2/c1-3-4-5-8(10)9(13)11-7(2)6-12/h7-8,12H,3-6,10H2,1-2H3,(H,11,13)/t7-,8?/m1/s1. The van der Waals surface area contributed by atoms with Gasteiger partial charge in [-0.25, -0.2) is 0 Å². The minimum Gasteiger partial charge on any atom is -0.394 e. The minimum atomic E-state index is -0.436. The predicted molar refractivity (Wildman–Crippen MR) is 52.2 cm³/mol. The zero-order valence-electron chi connectivity index (χ0n) is 8.42. The van der Waals surface area contributed by atoms with Crippen LogP contribution in [0.25, 0.3) is 0 Å². The Kier molecular flexibility index (Phi) is 6.54. The fourth-order valence-corrected chi connectivity index (χ4v) is 0.951. The summed E-state index contributed by atoms with van der Waals surface area (Å²) in [5, 5.41) is 11.3. The Bertz CT molecular complexity index is 151. The van der Waals surface area contributed by atoms with Crippen LogP contribution in [-0.2, 0) is 4.79 Å². The first-order valence-corrected chi connectivity index (χ1v) is 4.78. The molecule has 0 aromatic rings. The van der Waals surface area contributed by atoms with Crippen molar-refractivity contribution in [1.29, 1.82) is 0 Å². The number of unbranched alkanes of at least 4 members (excludes halogenated alkanes) is 1. The fourth-order valence-electron chi connectivity index (χ4n) is 0.951. The number of carbonyl (C=O) groups excluding carboxylic acids is 1. The Morgan fingerprint density at radius 2 is 2.23 bits per heavy atom. The van der Waals surface area contributed by atoms with E-state index in [2.05, 4.69) is 12.2 Å². The van der Waals surface area contributed by atoms with Crippen LogP contribution in [0.1, 0.15) is 33.1 Å². The average Bonchev–Trinajstić information content (AvgIpc) is 2.13. The molecule has 78 valence electrons. The molecule has 0 aliphatic rings. The maximum Gasteiger partial charge on any atom is 0.237 e. The Hall–Kier alpha value is -0.610. The molecule has 0 rings (SSSR count). The molecule has 1 amide bonds. The molecule has 2 atom stereocenters. The van der Waals surface area contributed by atoms with Crippen molar-refractivity contribution in [2.45, 2.75) is 45.2 Å². The normalized spacial score (nSPS) is 15.1. The number of aliphatic hydroxyl groups is 1. The Morgan fingerprint density at radius 1 is 1.62 bits per heavy atom. The second kappa shape index (κ2) is 6.86. The molecule has 13 heavy (non-hydrogen) atoms. The molecule has 4 nitrogen and oxygen atoms in total. The highest BCUT2D eigenvalue weighted by Gasteiger charge is 2.14. The Morgan fingerprint density at radius 3 is 2.69 bits per heavy atom. The van der Waals surface area contributed by atoms with Crippen LogP contribution >= 0.6 is 0 Å². The van der Waals surface area contributed by atoms with Crippen molar-refractivity contribution in [1.82, 2.24) is 5.32 Å². The predicted octanol–water partition coefficient (Wildman–Crippen LogP) is 0.000900. The van der Waals surface area contributed by atoms with Gasteiger partial charge in [-0.3, -0.25) is 4.79 Å². The van der Waals surface area contributed by atoms with Crippen LogP contribution in [0.5, 0.6) is 0 Å². The summed E-state index contributed by atoms with van der Waals surface area (Å²) in [6, 6.07) is -0.644. The van der Waals surface area contributed by atoms with E-state index in [-0.39, 0.29) is 18.6 Å². The molecule has 1 unspecified atom stereocenters. The van der Waals surface area contributed by atoms with Gasteiger partial charge in [-0.1, -0.05) is 19.8 Å². The van der Waals surface area contributed by atoms with E-state index in [0.29, 0.717) is 6.42 Å². The van der Waals surface area contributed by atoms with Gasteiger partial charge in [0.2, 0.25) is 5.91 Å². The molecule has 0 aliphatic carbocycles. The topological polar surface area (TPSA) is 75.4 Å². The van der Waals surface area contributed by atoms with Gasteiger partial charge in [0, 0.05) is 6.04 Å². The zero-order valence-corrected chi connectivity index (χ0v) is 8.42. The van der Waals surface area contributed by atoms with Crippen LogP contribution in [0, 0.1) is 0 Å². The summed E-state index contributed by atoms with van der Waals surface area (Å²) in [6.07, 6.45) is 2.71. The van der Waals surface area contributed by atoms with E-state index < -0.39 is 6.04 Å². The summed E-state index contributed by atoms with van der Waals surface area (Å²) in [5.41, 5.74) is 5.61. The van der Waals surface area contributed by atoms with Gasteiger partial charge in [0.05, 0.1) is 12.6 Å². The van der Waals surface area contributed by atoms with E-state index in [9.17, 15) is 4.79 Å². The number of aliphatic hydroxyl groups excluding tert-OH is 1. The molecule has 0 saturated carbocycles. The minimum absolute atomic E-state index is 0.0494. The van der Waals surface area contributed by atoms with Crippen molar-refractivity contribution in [2.75, 3.05) is 6.61 Å². The van der Waals surface area contributed by atoms with Crippen molar-refractivity contribution < 1.29 is 9.90 Å². The first kappa shape index (κ1) is 12.4. The largest absolute Gasteiger partial charge is 0.394 e. The molecule has 0 radical (unpaired) electrons. The van der Waals surface area contributed by atoms with E-state index in [1.54, 1.807) is 6.92 Å². The lowest BCUT2D eigenvalue weighted by Gasteiger charge is -2.15. The van der Waals surface area contributed by atoms with Crippen molar-refractivity contribution in [3.8, 4) is 0 Å². The second-order valence-corrected chi connectivity index (χ2v) is 3.34. The van der Waals surface area contributed by atoms with Gasteiger partial charge in [-0.05, 0) is 13.3 Å². The highest BCUT2D eigenvalue weighted by Crippen LogP contribution is 1.98. The number of carbonyl (C=O) groups is 1. The molecule has 0 fully saturated rings. The lowest BCUT2D eigenvalue weighted by Crippen LogP contribution is -2.45. The maximum atomic E-state index is 11.3. The van der Waals surface area contributed by atoms with Gasteiger partial charge in [0.25, 0.3) is 0 Å². The summed E-state index contributed by atoms with van der Waals surface area (Å²) >= 11 is 0. The summed E-state index contributed by atoms with van der Waals surface area (Å²) < 4.78 is 0. The number of hydrogen-bond donors (Lipinski definition) is 3. The first-order chi connectivity index (χ1) is 6.11. The molecule has 0 spiro atoms. The Balaban J connectivity index is 3.68. The highest BCUT2D eigenvalue weighted by atomic mass is 16.3. The van der Waals surface area contributed by atoms with Gasteiger partial charge in [-0.15, -0.1) is 0 Å². The van der Waals surface area contributed by atoms with E-state index in [1.165, 1.54) is 0 Å². The molecule has 0 saturated heterocycles. The van der Waals surface area contributed by atoms with E-state index >= 15 is 0 Å². The quantitative estimate of drug-likeness (QED) is 0.549. The number of nitrogens with one attached hydrogen (secondary N) is 1. The molecule has 0 bridgehead atoms. The van der Waals surface area contributed by atoms with Crippen molar-refractivity contribution in [3.63, 3.8) is 0 Å². The third-order valence-corrected chi connectivity index (χ3v) is 1.87. The first-order valence-electron chi connectivity index (χ1n) is 4.78. The van der Waals surface area contributed by atoms with Crippen LogP contribution in [0.3, 0.4) is 0 Å². The zero-order chi connectivity index (χ0) is 10.3. The van der Waals surface area contributed by atoms with E-state index in [4.69, 9.17) is 10.8 Å². The van der Waals surface area contributed by atoms with Crippen LogP contribution in [0.4, 0.5) is 0 Å². The smallest absolute Gasteiger partial charge is 0.237 e. The Labute approximate surface area is 79.5 Å². The maximum absolute atomic E-state index is 11.3. The molecular formula is C9H20N2O2. The fraction of sp³-hybridized carbons (Fsp3) is 0.889. The SMILES string of the molecule is CCCCC(N)C(=O)N[C@H](C)CO. The summed E-state index contributed by atoms with van der Waals surface area (Å²) in [4.78, 5) is 11.3. The van der Waals surface area contributed by atoms with Crippen LogP contribution in [0.2, 0.25) is 0 Å². The van der Waals surface area contributed by atoms with Crippen molar-refractivity contribution in [3.05, 3.63) is 0 Å². The van der Waals surface area contributed by atoms with Crippen molar-refractivity contribution >= 4 is 5.91 Å². The molecule has 0 aliphatic heterocycles. The van der Waals surface area contributed by atoms with Crippen LogP contribution in [-0.4, -0.2) is 29.7 Å². The van der Waals surface area contributed by atoms with Crippen LogP contribution in [0.15, 0.2) is 0 Å². The molecule has 4 heteroatoms. The summed E-state index contributed by atoms with van der Waals surface area (Å²) in [6.45, 7) is 3.75. The molecular weight excluding hydrogens is 168 g/mol. The third-order valence-electron chi connectivity index (χ3n) is 1.87. The van der Waals surface area contributed by atoms with Gasteiger partial charge >= 0.3 is 0 Å². The lowest BCUT2D eigenvalue weighted by atomic mass is 10.1. The molecule has 0 heterocycles. The summed E-state index contributed by atoms with van der Waals surface area (Å²) in [7, 11) is 0. The van der Waals surface area contributed by atoms with Crippen molar-refractivity contribution in [2.24, 2.45) is 5.73 Å². The number of hydrogen-bond acceptors (Lipinski definition) is 3. The van der Waals surface area contributed by atoms with E-state index in [1.807, 2.05) is 0 Å². The molecule has 4 N–H and O–H groups in total. The third kappa shape index (κ3) is 5.60. The number of amides is 1. The molecule has 0 aromatic heterocycles. The average molecular weight is 188 g/mol. The van der Waals surface area contributed by atoms with Crippen LogP contribution < -0.4 is 11.1 Å².